The van der Waals surface area contributed by atoms with Crippen molar-refractivity contribution in [1.82, 2.24) is 0 Å². The zero-order valence-electron chi connectivity index (χ0n) is 9.92. The van der Waals surface area contributed by atoms with Gasteiger partial charge in [-0.1, -0.05) is 32.9 Å². The van der Waals surface area contributed by atoms with Gasteiger partial charge in [0.15, 0.2) is 0 Å². The van der Waals surface area contributed by atoms with Crippen molar-refractivity contribution in [2.45, 2.75) is 58.9 Å². The Morgan fingerprint density at radius 1 is 1.29 bits per heavy atom. The molecule has 14 heavy (non-hydrogen) atoms. The van der Waals surface area contributed by atoms with Crippen molar-refractivity contribution in [3.8, 4) is 0 Å². The van der Waals surface area contributed by atoms with Gasteiger partial charge in [-0.2, -0.15) is 0 Å². The lowest BCUT2D eigenvalue weighted by atomic mass is 9.78. The number of hydrogen-bond donors (Lipinski definition) is 1. The van der Waals surface area contributed by atoms with E-state index < -0.39 is 0 Å². The first-order valence-corrected chi connectivity index (χ1v) is 5.89. The highest BCUT2D eigenvalue weighted by Crippen LogP contribution is 2.30. The van der Waals surface area contributed by atoms with Crippen LogP contribution in [0.1, 0.15) is 52.9 Å². The third kappa shape index (κ3) is 4.28. The Morgan fingerprint density at radius 2 is 2.00 bits per heavy atom. The third-order valence-electron chi connectivity index (χ3n) is 3.00. The van der Waals surface area contributed by atoms with Gasteiger partial charge < -0.3 is 5.73 Å². The number of hydrogen-bond acceptors (Lipinski definition) is 1. The summed E-state index contributed by atoms with van der Waals surface area (Å²) in [5, 5.41) is 0. The lowest BCUT2D eigenvalue weighted by Crippen LogP contribution is -2.32. The Hall–Kier alpha value is -0.300. The minimum absolute atomic E-state index is 0.380. The molecule has 1 rings (SSSR count). The summed E-state index contributed by atoms with van der Waals surface area (Å²) in [7, 11) is 0. The molecule has 0 saturated carbocycles. The second-order valence-electron chi connectivity index (χ2n) is 5.83. The van der Waals surface area contributed by atoms with Crippen LogP contribution in [0.3, 0.4) is 0 Å². The second-order valence-corrected chi connectivity index (χ2v) is 5.83. The maximum absolute atomic E-state index is 6.20. The van der Waals surface area contributed by atoms with Crippen LogP contribution in [0.15, 0.2) is 12.2 Å². The second kappa shape index (κ2) is 4.97. The lowest BCUT2D eigenvalue weighted by Gasteiger charge is -2.30. The van der Waals surface area contributed by atoms with E-state index in [1.807, 2.05) is 0 Å². The van der Waals surface area contributed by atoms with E-state index in [0.717, 1.165) is 12.3 Å². The molecule has 0 saturated heterocycles. The van der Waals surface area contributed by atoms with E-state index in [9.17, 15) is 0 Å². The number of allylic oxidation sites excluding steroid dienone is 1. The minimum Gasteiger partial charge on any atom is -0.327 e. The monoisotopic (exact) mass is 195 g/mol. The van der Waals surface area contributed by atoms with Crippen LogP contribution in [0.5, 0.6) is 0 Å². The molecule has 1 heteroatoms. The van der Waals surface area contributed by atoms with E-state index in [1.54, 1.807) is 0 Å². The molecular formula is C13H25N. The van der Waals surface area contributed by atoms with E-state index in [0.29, 0.717) is 11.5 Å². The van der Waals surface area contributed by atoms with Gasteiger partial charge in [0.2, 0.25) is 0 Å². The molecule has 0 radical (unpaired) electrons. The molecule has 0 aromatic rings. The zero-order chi connectivity index (χ0) is 10.6. The van der Waals surface area contributed by atoms with Crippen LogP contribution in [0, 0.1) is 11.3 Å². The van der Waals surface area contributed by atoms with Crippen LogP contribution < -0.4 is 5.73 Å². The Kier molecular flexibility index (Phi) is 4.18. The summed E-state index contributed by atoms with van der Waals surface area (Å²) in [6.45, 7) is 6.94. The smallest absolute Gasteiger partial charge is 0.0102 e. The summed E-state index contributed by atoms with van der Waals surface area (Å²) in [6, 6.07) is 0.380. The highest BCUT2D eigenvalue weighted by Gasteiger charge is 2.23. The van der Waals surface area contributed by atoms with E-state index >= 15 is 0 Å². The van der Waals surface area contributed by atoms with Crippen molar-refractivity contribution in [2.24, 2.45) is 17.1 Å². The maximum Gasteiger partial charge on any atom is 0.0102 e. The molecule has 0 fully saturated rings. The Labute approximate surface area is 88.8 Å². The van der Waals surface area contributed by atoms with Gasteiger partial charge in [-0.15, -0.1) is 0 Å². The molecule has 0 spiro atoms. The largest absolute Gasteiger partial charge is 0.327 e. The molecule has 0 bridgehead atoms. The summed E-state index contributed by atoms with van der Waals surface area (Å²) in [6.07, 6.45) is 10.7. The normalized spacial score (nSPS) is 32.0. The summed E-state index contributed by atoms with van der Waals surface area (Å²) < 4.78 is 0. The van der Waals surface area contributed by atoms with Crippen molar-refractivity contribution in [3.05, 3.63) is 12.2 Å². The average Bonchev–Trinajstić information content (AvgIpc) is 2.03. The van der Waals surface area contributed by atoms with Crippen molar-refractivity contribution >= 4 is 0 Å². The number of nitrogens with two attached hydrogens (primary N) is 1. The molecule has 1 aliphatic rings. The van der Waals surface area contributed by atoms with Gasteiger partial charge >= 0.3 is 0 Å². The molecule has 0 amide bonds. The standard InChI is InChI=1S/C13H25N/c1-13(2,3)10-11-8-6-4-5-7-9-12(11)14/h5,7,11-12H,4,6,8-10,14H2,1-3H3/b7-5-/t11-,12-/m0/s1. The quantitative estimate of drug-likeness (QED) is 0.637. The summed E-state index contributed by atoms with van der Waals surface area (Å²) in [5.74, 6) is 0.722. The summed E-state index contributed by atoms with van der Waals surface area (Å²) in [5.41, 5.74) is 6.63. The Bertz CT molecular complexity index is 188. The van der Waals surface area contributed by atoms with Gasteiger partial charge in [0.25, 0.3) is 0 Å². The SMILES string of the molecule is CC(C)(C)C[C@@H]1CCC/C=C\C[C@@H]1N. The predicted octanol–water partition coefficient (Wildman–Crippen LogP) is 3.50. The molecule has 2 N–H and O–H groups in total. The fourth-order valence-electron chi connectivity index (χ4n) is 2.32. The third-order valence-corrected chi connectivity index (χ3v) is 3.00. The van der Waals surface area contributed by atoms with Crippen molar-refractivity contribution in [3.63, 3.8) is 0 Å². The van der Waals surface area contributed by atoms with Crippen LogP contribution >= 0.6 is 0 Å². The van der Waals surface area contributed by atoms with Crippen molar-refractivity contribution in [1.29, 1.82) is 0 Å². The molecule has 0 heterocycles. The van der Waals surface area contributed by atoms with Crippen LogP contribution in [0.4, 0.5) is 0 Å². The lowest BCUT2D eigenvalue weighted by molar-refractivity contribution is 0.245. The van der Waals surface area contributed by atoms with E-state index in [-0.39, 0.29) is 0 Å². The first-order chi connectivity index (χ1) is 6.49. The highest BCUT2D eigenvalue weighted by atomic mass is 14.6. The van der Waals surface area contributed by atoms with Gasteiger partial charge in [-0.05, 0) is 43.4 Å². The first kappa shape index (κ1) is 11.8. The molecular weight excluding hydrogens is 170 g/mol. The molecule has 2 atom stereocenters. The van der Waals surface area contributed by atoms with E-state index in [4.69, 9.17) is 5.73 Å². The number of rotatable bonds is 1. The van der Waals surface area contributed by atoms with Gasteiger partial charge in [-0.3, -0.25) is 0 Å². The molecule has 0 aliphatic heterocycles. The minimum atomic E-state index is 0.380. The van der Waals surface area contributed by atoms with Gasteiger partial charge in [0, 0.05) is 6.04 Å². The molecule has 0 aromatic carbocycles. The molecule has 0 aromatic heterocycles. The van der Waals surface area contributed by atoms with E-state index in [2.05, 4.69) is 32.9 Å². The topological polar surface area (TPSA) is 26.0 Å². The van der Waals surface area contributed by atoms with Crippen LogP contribution in [-0.4, -0.2) is 6.04 Å². The Morgan fingerprint density at radius 3 is 2.64 bits per heavy atom. The van der Waals surface area contributed by atoms with Crippen LogP contribution in [-0.2, 0) is 0 Å². The average molecular weight is 195 g/mol. The summed E-state index contributed by atoms with van der Waals surface area (Å²) >= 11 is 0. The highest BCUT2D eigenvalue weighted by molar-refractivity contribution is 4.91. The van der Waals surface area contributed by atoms with Gasteiger partial charge in [-0.25, -0.2) is 0 Å². The fraction of sp³-hybridized carbons (Fsp3) is 0.846. The van der Waals surface area contributed by atoms with Crippen LogP contribution in [0.25, 0.3) is 0 Å². The zero-order valence-corrected chi connectivity index (χ0v) is 9.92. The molecule has 1 nitrogen and oxygen atoms in total. The van der Waals surface area contributed by atoms with E-state index in [1.165, 1.54) is 25.7 Å². The summed E-state index contributed by atoms with van der Waals surface area (Å²) in [4.78, 5) is 0. The van der Waals surface area contributed by atoms with Crippen molar-refractivity contribution in [2.75, 3.05) is 0 Å². The predicted molar refractivity (Wildman–Crippen MR) is 63.1 cm³/mol. The van der Waals surface area contributed by atoms with Crippen molar-refractivity contribution < 1.29 is 0 Å². The van der Waals surface area contributed by atoms with Crippen LogP contribution in [0.2, 0.25) is 0 Å². The molecule has 0 unspecified atom stereocenters. The maximum atomic E-state index is 6.20. The van der Waals surface area contributed by atoms with Gasteiger partial charge in [0.1, 0.15) is 0 Å². The molecule has 1 aliphatic carbocycles. The molecule has 82 valence electrons. The fourth-order valence-corrected chi connectivity index (χ4v) is 2.32. The first-order valence-electron chi connectivity index (χ1n) is 5.89. The Balaban J connectivity index is 2.52. The van der Waals surface area contributed by atoms with Gasteiger partial charge in [0.05, 0.1) is 0 Å².